The second kappa shape index (κ2) is 5.58. The van der Waals surface area contributed by atoms with Gasteiger partial charge in [0, 0.05) is 37.8 Å². The van der Waals surface area contributed by atoms with Crippen molar-refractivity contribution in [3.8, 4) is 0 Å². The zero-order chi connectivity index (χ0) is 13.9. The summed E-state index contributed by atoms with van der Waals surface area (Å²) in [5.74, 6) is 1.79. The van der Waals surface area contributed by atoms with Gasteiger partial charge in [-0.05, 0) is 19.8 Å². The average molecular weight is 273 g/mol. The van der Waals surface area contributed by atoms with Crippen LogP contribution in [0.5, 0.6) is 0 Å². The van der Waals surface area contributed by atoms with Gasteiger partial charge in [0.15, 0.2) is 0 Å². The second-order valence-electron chi connectivity index (χ2n) is 5.13. The molecule has 0 amide bonds. The van der Waals surface area contributed by atoms with Crippen LogP contribution in [0.3, 0.4) is 0 Å². The number of aryl methyl sites for hydroxylation is 2. The number of imidazole rings is 1. The smallest absolute Gasteiger partial charge is 0.139 e. The van der Waals surface area contributed by atoms with Crippen LogP contribution < -0.4 is 5.32 Å². The fourth-order valence-corrected chi connectivity index (χ4v) is 2.56. The molecule has 106 valence electrons. The van der Waals surface area contributed by atoms with Gasteiger partial charge in [-0.25, -0.2) is 15.0 Å². The number of nitrogens with one attached hydrogen (secondary N) is 1. The molecule has 1 saturated heterocycles. The molecular formula is C14H19N5O. The monoisotopic (exact) mass is 273 g/mol. The van der Waals surface area contributed by atoms with E-state index in [0.29, 0.717) is 0 Å². The van der Waals surface area contributed by atoms with Crippen LogP contribution >= 0.6 is 0 Å². The van der Waals surface area contributed by atoms with Gasteiger partial charge in [0.05, 0.1) is 6.04 Å². The van der Waals surface area contributed by atoms with Gasteiger partial charge in [-0.15, -0.1) is 0 Å². The Morgan fingerprint density at radius 2 is 2.25 bits per heavy atom. The highest BCUT2D eigenvalue weighted by molar-refractivity contribution is 5.36. The molecular weight excluding hydrogens is 254 g/mol. The van der Waals surface area contributed by atoms with Gasteiger partial charge in [-0.2, -0.15) is 0 Å². The summed E-state index contributed by atoms with van der Waals surface area (Å²) in [5.41, 5.74) is 0.952. The van der Waals surface area contributed by atoms with E-state index in [4.69, 9.17) is 4.74 Å². The molecule has 1 aliphatic heterocycles. The Balaban J connectivity index is 1.81. The zero-order valence-electron chi connectivity index (χ0n) is 11.8. The summed E-state index contributed by atoms with van der Waals surface area (Å²) in [6.45, 7) is 2.74. The predicted molar refractivity (Wildman–Crippen MR) is 75.3 cm³/mol. The Morgan fingerprint density at radius 1 is 1.35 bits per heavy atom. The maximum Gasteiger partial charge on any atom is 0.139 e. The lowest BCUT2D eigenvalue weighted by atomic mass is 10.0. The van der Waals surface area contributed by atoms with E-state index >= 15 is 0 Å². The minimum Gasteiger partial charge on any atom is -0.368 e. The lowest BCUT2D eigenvalue weighted by Crippen LogP contribution is -2.35. The molecule has 6 nitrogen and oxygen atoms in total. The maximum absolute atomic E-state index is 5.93. The van der Waals surface area contributed by atoms with Crippen molar-refractivity contribution < 1.29 is 4.74 Å². The van der Waals surface area contributed by atoms with Gasteiger partial charge in [0.2, 0.25) is 0 Å². The highest BCUT2D eigenvalue weighted by Gasteiger charge is 2.30. The van der Waals surface area contributed by atoms with Crippen LogP contribution in [0.2, 0.25) is 0 Å². The third-order valence-corrected chi connectivity index (χ3v) is 3.57. The first kappa shape index (κ1) is 13.1. The van der Waals surface area contributed by atoms with E-state index in [0.717, 1.165) is 36.8 Å². The molecule has 0 spiro atoms. The van der Waals surface area contributed by atoms with Gasteiger partial charge in [-0.3, -0.25) is 0 Å². The Labute approximate surface area is 118 Å². The van der Waals surface area contributed by atoms with Gasteiger partial charge in [0.25, 0.3) is 0 Å². The quantitative estimate of drug-likeness (QED) is 0.924. The SMILES string of the molecule is Cc1cc(N[C@H]2CCCO[C@@H]2c2nccn2C)ncn1. The van der Waals surface area contributed by atoms with Crippen molar-refractivity contribution in [2.24, 2.45) is 7.05 Å². The van der Waals surface area contributed by atoms with Crippen molar-refractivity contribution in [2.75, 3.05) is 11.9 Å². The summed E-state index contributed by atoms with van der Waals surface area (Å²) in [5, 5.41) is 3.46. The summed E-state index contributed by atoms with van der Waals surface area (Å²) in [6, 6.07) is 2.13. The highest BCUT2D eigenvalue weighted by atomic mass is 16.5. The Hall–Kier alpha value is -1.95. The predicted octanol–water partition coefficient (Wildman–Crippen LogP) is 1.85. The molecule has 6 heteroatoms. The number of ether oxygens (including phenoxy) is 1. The second-order valence-corrected chi connectivity index (χ2v) is 5.13. The Bertz CT molecular complexity index is 582. The molecule has 2 aromatic heterocycles. The highest BCUT2D eigenvalue weighted by Crippen LogP contribution is 2.29. The summed E-state index contributed by atoms with van der Waals surface area (Å²) in [6.07, 6.45) is 7.37. The van der Waals surface area contributed by atoms with Crippen LogP contribution in [-0.2, 0) is 11.8 Å². The standard InChI is InChI=1S/C14H19N5O/c1-10-8-12(17-9-16-10)18-11-4-3-7-20-13(11)14-15-5-6-19(14)2/h5-6,8-9,11,13H,3-4,7H2,1-2H3,(H,16,17,18)/t11-,13-/m0/s1. The third-order valence-electron chi connectivity index (χ3n) is 3.57. The van der Waals surface area contributed by atoms with E-state index in [1.165, 1.54) is 0 Å². The van der Waals surface area contributed by atoms with E-state index in [1.54, 1.807) is 12.5 Å². The third kappa shape index (κ3) is 2.65. The van der Waals surface area contributed by atoms with Crippen LogP contribution in [0.25, 0.3) is 0 Å². The first-order valence-corrected chi connectivity index (χ1v) is 6.88. The van der Waals surface area contributed by atoms with E-state index < -0.39 is 0 Å². The summed E-state index contributed by atoms with van der Waals surface area (Å²) < 4.78 is 7.94. The lowest BCUT2D eigenvalue weighted by molar-refractivity contribution is -0.00135. The van der Waals surface area contributed by atoms with Crippen LogP contribution in [0, 0.1) is 6.92 Å². The molecule has 1 fully saturated rings. The van der Waals surface area contributed by atoms with Crippen LogP contribution in [0.1, 0.15) is 30.5 Å². The molecule has 1 aliphatic rings. The molecule has 0 bridgehead atoms. The fraction of sp³-hybridized carbons (Fsp3) is 0.500. The average Bonchev–Trinajstić information content (AvgIpc) is 2.86. The normalized spacial score (nSPS) is 22.7. The summed E-state index contributed by atoms with van der Waals surface area (Å²) in [7, 11) is 1.99. The topological polar surface area (TPSA) is 64.9 Å². The van der Waals surface area contributed by atoms with Gasteiger partial charge >= 0.3 is 0 Å². The number of rotatable bonds is 3. The largest absolute Gasteiger partial charge is 0.368 e. The van der Waals surface area contributed by atoms with E-state index in [9.17, 15) is 0 Å². The molecule has 2 aromatic rings. The summed E-state index contributed by atoms with van der Waals surface area (Å²) in [4.78, 5) is 12.8. The number of anilines is 1. The number of nitrogens with zero attached hydrogens (tertiary/aromatic N) is 4. The van der Waals surface area contributed by atoms with Crippen molar-refractivity contribution >= 4 is 5.82 Å². The molecule has 0 aromatic carbocycles. The van der Waals surface area contributed by atoms with Crippen molar-refractivity contribution in [3.63, 3.8) is 0 Å². The first-order valence-electron chi connectivity index (χ1n) is 6.88. The number of aromatic nitrogens is 4. The molecule has 0 unspecified atom stereocenters. The Morgan fingerprint density at radius 3 is 3.00 bits per heavy atom. The van der Waals surface area contributed by atoms with Crippen molar-refractivity contribution in [2.45, 2.75) is 31.9 Å². The molecule has 0 aliphatic carbocycles. The molecule has 3 rings (SSSR count). The van der Waals surface area contributed by atoms with Crippen molar-refractivity contribution in [1.82, 2.24) is 19.5 Å². The zero-order valence-corrected chi connectivity index (χ0v) is 11.8. The molecule has 0 saturated carbocycles. The first-order chi connectivity index (χ1) is 9.74. The van der Waals surface area contributed by atoms with E-state index in [1.807, 2.05) is 30.8 Å². The Kier molecular flexibility index (Phi) is 3.64. The summed E-state index contributed by atoms with van der Waals surface area (Å²) >= 11 is 0. The minimum atomic E-state index is -0.0426. The molecule has 3 heterocycles. The molecule has 2 atom stereocenters. The molecule has 1 N–H and O–H groups in total. The maximum atomic E-state index is 5.93. The molecule has 20 heavy (non-hydrogen) atoms. The van der Waals surface area contributed by atoms with E-state index in [-0.39, 0.29) is 12.1 Å². The van der Waals surface area contributed by atoms with Crippen LogP contribution in [-0.4, -0.2) is 32.2 Å². The minimum absolute atomic E-state index is 0.0426. The van der Waals surface area contributed by atoms with Crippen LogP contribution in [0.4, 0.5) is 5.82 Å². The lowest BCUT2D eigenvalue weighted by Gasteiger charge is -2.32. The number of hydrogen-bond donors (Lipinski definition) is 1. The van der Waals surface area contributed by atoms with E-state index in [2.05, 4.69) is 20.3 Å². The van der Waals surface area contributed by atoms with Crippen molar-refractivity contribution in [1.29, 1.82) is 0 Å². The van der Waals surface area contributed by atoms with Gasteiger partial charge in [-0.1, -0.05) is 0 Å². The van der Waals surface area contributed by atoms with Crippen LogP contribution in [0.15, 0.2) is 24.8 Å². The number of hydrogen-bond acceptors (Lipinski definition) is 5. The van der Waals surface area contributed by atoms with Gasteiger partial charge in [0.1, 0.15) is 24.1 Å². The molecule has 0 radical (unpaired) electrons. The van der Waals surface area contributed by atoms with Crippen molar-refractivity contribution in [3.05, 3.63) is 36.3 Å². The van der Waals surface area contributed by atoms with Gasteiger partial charge < -0.3 is 14.6 Å². The fourth-order valence-electron chi connectivity index (χ4n) is 2.56.